The van der Waals surface area contributed by atoms with E-state index in [0.29, 0.717) is 42.6 Å². The third-order valence-corrected chi connectivity index (χ3v) is 5.07. The van der Waals surface area contributed by atoms with Crippen LogP contribution in [0.5, 0.6) is 17.2 Å². The zero-order valence-electron chi connectivity index (χ0n) is 17.9. The highest BCUT2D eigenvalue weighted by molar-refractivity contribution is 6.06. The molecule has 1 fully saturated rings. The van der Waals surface area contributed by atoms with E-state index >= 15 is 0 Å². The van der Waals surface area contributed by atoms with Gasteiger partial charge in [0, 0.05) is 6.61 Å². The Morgan fingerprint density at radius 3 is 2.38 bits per heavy atom. The lowest BCUT2D eigenvalue weighted by molar-refractivity contribution is 0.0682. The monoisotopic (exact) mass is 433 g/mol. The molecular weight excluding hydrogens is 406 g/mol. The summed E-state index contributed by atoms with van der Waals surface area (Å²) < 4.78 is 23.0. The maximum Gasteiger partial charge on any atom is 0.259 e. The number of anilines is 1. The molecule has 32 heavy (non-hydrogen) atoms. The standard InChI is InChI=1S/C26H27NO5/c28-26(27-23-13-5-7-15-25(23)32-19-21-11-8-16-29-21)22-12-4-6-14-24(22)31-18-17-30-20-9-2-1-3-10-20/h1-7,9-10,12-15,21H,8,11,16-19H2,(H,27,28). The molecule has 1 aliphatic heterocycles. The summed E-state index contributed by atoms with van der Waals surface area (Å²) in [7, 11) is 0. The SMILES string of the molecule is O=C(Nc1ccccc1OCC1CCCO1)c1ccccc1OCCOc1ccccc1. The first-order valence-electron chi connectivity index (χ1n) is 10.8. The first kappa shape index (κ1) is 21.7. The molecule has 3 aromatic carbocycles. The van der Waals surface area contributed by atoms with Gasteiger partial charge in [-0.25, -0.2) is 0 Å². The molecule has 0 aromatic heterocycles. The van der Waals surface area contributed by atoms with Gasteiger partial charge in [-0.3, -0.25) is 4.79 Å². The lowest BCUT2D eigenvalue weighted by atomic mass is 10.1. The minimum Gasteiger partial charge on any atom is -0.490 e. The molecule has 0 aliphatic carbocycles. The predicted molar refractivity (Wildman–Crippen MR) is 123 cm³/mol. The number of amides is 1. The third-order valence-electron chi connectivity index (χ3n) is 5.07. The van der Waals surface area contributed by atoms with E-state index < -0.39 is 0 Å². The first-order valence-corrected chi connectivity index (χ1v) is 10.8. The van der Waals surface area contributed by atoms with Crippen molar-refractivity contribution in [1.29, 1.82) is 0 Å². The highest BCUT2D eigenvalue weighted by atomic mass is 16.5. The Labute approximate surface area is 188 Å². The minimum absolute atomic E-state index is 0.103. The van der Waals surface area contributed by atoms with Gasteiger partial charge in [0.2, 0.25) is 0 Å². The number of rotatable bonds is 10. The molecule has 0 bridgehead atoms. The van der Waals surface area contributed by atoms with E-state index in [4.69, 9.17) is 18.9 Å². The van der Waals surface area contributed by atoms with Crippen molar-refractivity contribution in [2.24, 2.45) is 0 Å². The van der Waals surface area contributed by atoms with Crippen LogP contribution in [0.1, 0.15) is 23.2 Å². The van der Waals surface area contributed by atoms with Gasteiger partial charge >= 0.3 is 0 Å². The van der Waals surface area contributed by atoms with E-state index in [1.165, 1.54) is 0 Å². The maximum absolute atomic E-state index is 13.0. The summed E-state index contributed by atoms with van der Waals surface area (Å²) in [5, 5.41) is 2.94. The molecule has 0 spiro atoms. The van der Waals surface area contributed by atoms with Gasteiger partial charge in [-0.2, -0.15) is 0 Å². The van der Waals surface area contributed by atoms with Crippen LogP contribution >= 0.6 is 0 Å². The highest BCUT2D eigenvalue weighted by Crippen LogP contribution is 2.27. The highest BCUT2D eigenvalue weighted by Gasteiger charge is 2.18. The largest absolute Gasteiger partial charge is 0.490 e. The van der Waals surface area contributed by atoms with Crippen LogP contribution in [0.4, 0.5) is 5.69 Å². The Bertz CT molecular complexity index is 1000. The van der Waals surface area contributed by atoms with Crippen LogP contribution < -0.4 is 19.5 Å². The van der Waals surface area contributed by atoms with Crippen molar-refractivity contribution in [1.82, 2.24) is 0 Å². The molecular formula is C26H27NO5. The van der Waals surface area contributed by atoms with Crippen molar-refractivity contribution in [2.75, 3.05) is 31.7 Å². The van der Waals surface area contributed by atoms with Crippen molar-refractivity contribution in [3.63, 3.8) is 0 Å². The topological polar surface area (TPSA) is 66.0 Å². The third kappa shape index (κ3) is 6.02. The van der Waals surface area contributed by atoms with Gasteiger partial charge in [0.15, 0.2) is 0 Å². The first-order chi connectivity index (χ1) is 15.8. The minimum atomic E-state index is -0.266. The number of para-hydroxylation sites is 4. The quantitative estimate of drug-likeness (QED) is 0.458. The average molecular weight is 434 g/mol. The van der Waals surface area contributed by atoms with Gasteiger partial charge in [-0.15, -0.1) is 0 Å². The van der Waals surface area contributed by atoms with Crippen LogP contribution in [0.25, 0.3) is 0 Å². The van der Waals surface area contributed by atoms with Crippen LogP contribution in [0, 0.1) is 0 Å². The summed E-state index contributed by atoms with van der Waals surface area (Å²) in [5.74, 6) is 1.63. The van der Waals surface area contributed by atoms with Crippen LogP contribution in [0.2, 0.25) is 0 Å². The molecule has 0 radical (unpaired) electrons. The Balaban J connectivity index is 1.35. The number of ether oxygens (including phenoxy) is 4. The molecule has 1 unspecified atom stereocenters. The van der Waals surface area contributed by atoms with Crippen LogP contribution in [0.3, 0.4) is 0 Å². The number of carbonyl (C=O) groups excluding carboxylic acids is 1. The second kappa shape index (κ2) is 11.2. The molecule has 3 aromatic rings. The zero-order valence-corrected chi connectivity index (χ0v) is 17.9. The molecule has 1 atom stereocenters. The van der Waals surface area contributed by atoms with Crippen LogP contribution in [-0.4, -0.2) is 38.4 Å². The van der Waals surface area contributed by atoms with E-state index in [2.05, 4.69) is 5.32 Å². The Kier molecular flexibility index (Phi) is 7.60. The molecule has 1 heterocycles. The van der Waals surface area contributed by atoms with Gasteiger partial charge in [-0.1, -0.05) is 42.5 Å². The fourth-order valence-corrected chi connectivity index (χ4v) is 3.45. The number of carbonyl (C=O) groups is 1. The summed E-state index contributed by atoms with van der Waals surface area (Å²) in [6.07, 6.45) is 2.15. The van der Waals surface area contributed by atoms with E-state index in [1.807, 2.05) is 66.7 Å². The van der Waals surface area contributed by atoms with Gasteiger partial charge in [0.25, 0.3) is 5.91 Å². The van der Waals surface area contributed by atoms with Crippen molar-refractivity contribution >= 4 is 11.6 Å². The molecule has 1 aliphatic rings. The van der Waals surface area contributed by atoms with Crippen molar-refractivity contribution in [3.05, 3.63) is 84.4 Å². The second-order valence-corrected chi connectivity index (χ2v) is 7.40. The maximum atomic E-state index is 13.0. The summed E-state index contributed by atoms with van der Waals surface area (Å²) >= 11 is 0. The van der Waals surface area contributed by atoms with Gasteiger partial charge < -0.3 is 24.3 Å². The summed E-state index contributed by atoms with van der Waals surface area (Å²) in [6, 6.07) is 24.1. The van der Waals surface area contributed by atoms with Crippen molar-refractivity contribution in [3.8, 4) is 17.2 Å². The number of nitrogens with one attached hydrogen (secondary N) is 1. The molecule has 6 nitrogen and oxygen atoms in total. The zero-order chi connectivity index (χ0) is 22.0. The Morgan fingerprint density at radius 1 is 0.844 bits per heavy atom. The fourth-order valence-electron chi connectivity index (χ4n) is 3.45. The molecule has 166 valence electrons. The van der Waals surface area contributed by atoms with Gasteiger partial charge in [0.1, 0.15) is 37.1 Å². The normalized spacial score (nSPS) is 15.2. The number of benzene rings is 3. The van der Waals surface area contributed by atoms with Crippen LogP contribution in [0.15, 0.2) is 78.9 Å². The number of hydrogen-bond donors (Lipinski definition) is 1. The summed E-state index contributed by atoms with van der Waals surface area (Å²) in [5.41, 5.74) is 1.05. The number of hydrogen-bond acceptors (Lipinski definition) is 5. The molecule has 4 rings (SSSR count). The van der Waals surface area contributed by atoms with Gasteiger partial charge in [0.05, 0.1) is 17.4 Å². The lowest BCUT2D eigenvalue weighted by Gasteiger charge is -2.16. The van der Waals surface area contributed by atoms with E-state index in [0.717, 1.165) is 25.2 Å². The molecule has 1 saturated heterocycles. The smallest absolute Gasteiger partial charge is 0.259 e. The summed E-state index contributed by atoms with van der Waals surface area (Å²) in [6.45, 7) is 1.94. The van der Waals surface area contributed by atoms with Crippen molar-refractivity contribution in [2.45, 2.75) is 18.9 Å². The van der Waals surface area contributed by atoms with E-state index in [-0.39, 0.29) is 12.0 Å². The average Bonchev–Trinajstić information content (AvgIpc) is 3.36. The Hall–Kier alpha value is -3.51. The second-order valence-electron chi connectivity index (χ2n) is 7.40. The summed E-state index contributed by atoms with van der Waals surface area (Å²) in [4.78, 5) is 13.0. The molecule has 0 saturated carbocycles. The lowest BCUT2D eigenvalue weighted by Crippen LogP contribution is -2.18. The van der Waals surface area contributed by atoms with E-state index in [9.17, 15) is 4.79 Å². The molecule has 6 heteroatoms. The molecule has 1 N–H and O–H groups in total. The Morgan fingerprint density at radius 2 is 1.56 bits per heavy atom. The fraction of sp³-hybridized carbons (Fsp3) is 0.269. The predicted octanol–water partition coefficient (Wildman–Crippen LogP) is 4.95. The van der Waals surface area contributed by atoms with E-state index in [1.54, 1.807) is 12.1 Å². The van der Waals surface area contributed by atoms with Gasteiger partial charge in [-0.05, 0) is 49.2 Å². The molecule has 1 amide bonds. The van der Waals surface area contributed by atoms with Crippen LogP contribution in [-0.2, 0) is 4.74 Å². The van der Waals surface area contributed by atoms with Crippen molar-refractivity contribution < 1.29 is 23.7 Å².